The molecule has 0 unspecified atom stereocenters. The van der Waals surface area contributed by atoms with E-state index in [2.05, 4.69) is 10.2 Å². The van der Waals surface area contributed by atoms with Gasteiger partial charge in [0.25, 0.3) is 0 Å². The molecule has 0 aliphatic heterocycles. The third-order valence-electron chi connectivity index (χ3n) is 4.06. The molecule has 1 N–H and O–H groups in total. The molecule has 0 spiro atoms. The Hall–Kier alpha value is -2.07. The fourth-order valence-electron chi connectivity index (χ4n) is 2.73. The molecular formula is C18H24F3N5OS. The molecule has 0 saturated carbocycles. The van der Waals surface area contributed by atoms with E-state index in [0.29, 0.717) is 11.7 Å². The number of carbonyl (C=O) groups excluding carboxylic acids is 1. The Morgan fingerprint density at radius 1 is 1.25 bits per heavy atom. The number of hydrogen-bond donors (Lipinski definition) is 1. The van der Waals surface area contributed by atoms with Gasteiger partial charge in [0.1, 0.15) is 6.54 Å². The van der Waals surface area contributed by atoms with Crippen molar-refractivity contribution in [2.24, 2.45) is 0 Å². The van der Waals surface area contributed by atoms with Gasteiger partial charge in [-0.05, 0) is 26.1 Å². The number of alkyl halides is 3. The average molecular weight is 415 g/mol. The van der Waals surface area contributed by atoms with Gasteiger partial charge in [-0.25, -0.2) is 0 Å². The van der Waals surface area contributed by atoms with E-state index in [0.717, 1.165) is 29.6 Å². The maximum Gasteiger partial charge on any atom is 0.405 e. The van der Waals surface area contributed by atoms with E-state index in [-0.39, 0.29) is 11.8 Å². The van der Waals surface area contributed by atoms with Crippen LogP contribution >= 0.6 is 11.8 Å². The summed E-state index contributed by atoms with van der Waals surface area (Å²) in [6.07, 6.45) is -3.61. The number of amides is 1. The minimum atomic E-state index is -4.43. The first-order chi connectivity index (χ1) is 13.2. The Bertz CT molecular complexity index is 764. The van der Waals surface area contributed by atoms with Gasteiger partial charge in [-0.2, -0.15) is 13.2 Å². The van der Waals surface area contributed by atoms with Crippen molar-refractivity contribution in [1.29, 1.82) is 0 Å². The number of thioether (sulfide) groups is 1. The Morgan fingerprint density at radius 3 is 2.50 bits per heavy atom. The molecule has 0 radical (unpaired) electrons. The number of rotatable bonds is 9. The van der Waals surface area contributed by atoms with Crippen molar-refractivity contribution >= 4 is 17.7 Å². The van der Waals surface area contributed by atoms with Crippen LogP contribution in [0.4, 0.5) is 13.2 Å². The molecule has 0 fully saturated rings. The summed E-state index contributed by atoms with van der Waals surface area (Å²) in [5, 5.41) is 10.9. The Kier molecular flexibility index (Phi) is 7.88. The summed E-state index contributed by atoms with van der Waals surface area (Å²) in [5.41, 5.74) is 1.04. The molecule has 1 aromatic heterocycles. The number of nitrogens with zero attached hydrogens (tertiary/aromatic N) is 4. The molecule has 28 heavy (non-hydrogen) atoms. The van der Waals surface area contributed by atoms with Crippen LogP contribution in [0.15, 0.2) is 35.5 Å². The fraction of sp³-hybridized carbons (Fsp3) is 0.500. The van der Waals surface area contributed by atoms with E-state index in [9.17, 15) is 18.0 Å². The van der Waals surface area contributed by atoms with Gasteiger partial charge >= 0.3 is 6.18 Å². The molecule has 2 aromatic rings. The lowest BCUT2D eigenvalue weighted by Crippen LogP contribution is -2.34. The van der Waals surface area contributed by atoms with Gasteiger partial charge in [-0.3, -0.25) is 9.69 Å². The zero-order valence-electron chi connectivity index (χ0n) is 16.0. The van der Waals surface area contributed by atoms with Crippen molar-refractivity contribution in [2.75, 3.05) is 26.4 Å². The van der Waals surface area contributed by atoms with Crippen LogP contribution in [0.5, 0.6) is 0 Å². The smallest absolute Gasteiger partial charge is 0.346 e. The third-order valence-corrected chi connectivity index (χ3v) is 5.02. The standard InChI is InChI=1S/C18H24F3N5OS/c1-4-14(25(2)3)16-23-24-17(26(16)10-13-8-6-5-7-9-13)28-11-15(27)22-12-18(19,20)21/h5-9,14H,4,10-12H2,1-3H3,(H,22,27)/t14-/m1/s1. The second-order valence-corrected chi connectivity index (χ2v) is 7.42. The maximum atomic E-state index is 12.2. The van der Waals surface area contributed by atoms with Gasteiger partial charge in [0.05, 0.1) is 18.3 Å². The van der Waals surface area contributed by atoms with Gasteiger partial charge in [0.15, 0.2) is 11.0 Å². The van der Waals surface area contributed by atoms with Crippen LogP contribution in [0.1, 0.15) is 30.8 Å². The topological polar surface area (TPSA) is 63.1 Å². The van der Waals surface area contributed by atoms with Gasteiger partial charge in [-0.15, -0.1) is 10.2 Å². The highest BCUT2D eigenvalue weighted by Crippen LogP contribution is 2.26. The monoisotopic (exact) mass is 415 g/mol. The molecule has 0 saturated heterocycles. The van der Waals surface area contributed by atoms with Gasteiger partial charge in [0, 0.05) is 0 Å². The minimum absolute atomic E-state index is 0.0321. The quantitative estimate of drug-likeness (QED) is 0.638. The van der Waals surface area contributed by atoms with Crippen molar-refractivity contribution in [2.45, 2.75) is 37.3 Å². The summed E-state index contributed by atoms with van der Waals surface area (Å²) in [7, 11) is 3.90. The highest BCUT2D eigenvalue weighted by Gasteiger charge is 2.28. The first-order valence-corrected chi connectivity index (χ1v) is 9.79. The summed E-state index contributed by atoms with van der Waals surface area (Å²) >= 11 is 1.08. The van der Waals surface area contributed by atoms with Crippen molar-refractivity contribution in [3.63, 3.8) is 0 Å². The van der Waals surface area contributed by atoms with E-state index in [1.54, 1.807) is 0 Å². The average Bonchev–Trinajstić information content (AvgIpc) is 3.01. The fourth-order valence-corrected chi connectivity index (χ4v) is 3.50. The first-order valence-electron chi connectivity index (χ1n) is 8.81. The summed E-state index contributed by atoms with van der Waals surface area (Å²) in [4.78, 5) is 13.8. The molecule has 154 valence electrons. The van der Waals surface area contributed by atoms with Crippen LogP contribution in [0.3, 0.4) is 0 Å². The van der Waals surface area contributed by atoms with E-state index < -0.39 is 18.6 Å². The number of nitrogens with one attached hydrogen (secondary N) is 1. The molecule has 1 amide bonds. The largest absolute Gasteiger partial charge is 0.405 e. The van der Waals surface area contributed by atoms with Crippen LogP contribution in [0, 0.1) is 0 Å². The summed E-state index contributed by atoms with van der Waals surface area (Å²) in [6, 6.07) is 9.77. The predicted octanol–water partition coefficient (Wildman–Crippen LogP) is 3.11. The van der Waals surface area contributed by atoms with Gasteiger partial charge in [0.2, 0.25) is 5.91 Å². The molecule has 0 aliphatic rings. The van der Waals surface area contributed by atoms with E-state index in [1.807, 2.05) is 66.1 Å². The molecule has 1 atom stereocenters. The SMILES string of the molecule is CC[C@H](c1nnc(SCC(=O)NCC(F)(F)F)n1Cc1ccccc1)N(C)C. The highest BCUT2D eigenvalue weighted by molar-refractivity contribution is 7.99. The molecule has 1 aromatic carbocycles. The Morgan fingerprint density at radius 2 is 1.93 bits per heavy atom. The lowest BCUT2D eigenvalue weighted by molar-refractivity contribution is -0.136. The summed E-state index contributed by atoms with van der Waals surface area (Å²) in [6.45, 7) is 1.22. The van der Waals surface area contributed by atoms with Crippen LogP contribution in [-0.2, 0) is 11.3 Å². The number of aromatic nitrogens is 3. The normalized spacial score (nSPS) is 13.0. The highest BCUT2D eigenvalue weighted by atomic mass is 32.2. The van der Waals surface area contributed by atoms with Crippen molar-refractivity contribution in [1.82, 2.24) is 25.0 Å². The lowest BCUT2D eigenvalue weighted by Gasteiger charge is -2.23. The second-order valence-electron chi connectivity index (χ2n) is 6.48. The first kappa shape index (κ1) is 22.2. The zero-order chi connectivity index (χ0) is 20.7. The number of hydrogen-bond acceptors (Lipinski definition) is 5. The Labute approximate surface area is 166 Å². The molecule has 2 rings (SSSR count). The molecule has 1 heterocycles. The van der Waals surface area contributed by atoms with E-state index >= 15 is 0 Å². The van der Waals surface area contributed by atoms with Crippen molar-refractivity contribution < 1.29 is 18.0 Å². The molecule has 10 heteroatoms. The van der Waals surface area contributed by atoms with E-state index in [1.165, 1.54) is 0 Å². The molecule has 6 nitrogen and oxygen atoms in total. The zero-order valence-corrected chi connectivity index (χ0v) is 16.8. The maximum absolute atomic E-state index is 12.2. The van der Waals surface area contributed by atoms with Crippen molar-refractivity contribution in [3.8, 4) is 0 Å². The lowest BCUT2D eigenvalue weighted by atomic mass is 10.2. The van der Waals surface area contributed by atoms with Crippen LogP contribution in [0.2, 0.25) is 0 Å². The number of carbonyl (C=O) groups is 1. The summed E-state index contributed by atoms with van der Waals surface area (Å²) in [5.74, 6) is -0.103. The number of benzene rings is 1. The number of halogens is 3. The summed E-state index contributed by atoms with van der Waals surface area (Å²) < 4.78 is 38.6. The second kappa shape index (κ2) is 9.92. The van der Waals surface area contributed by atoms with Gasteiger partial charge in [-0.1, -0.05) is 49.0 Å². The van der Waals surface area contributed by atoms with Crippen molar-refractivity contribution in [3.05, 3.63) is 41.7 Å². The Balaban J connectivity index is 2.18. The minimum Gasteiger partial charge on any atom is -0.346 e. The molecular weight excluding hydrogens is 391 g/mol. The van der Waals surface area contributed by atoms with Crippen LogP contribution in [0.25, 0.3) is 0 Å². The van der Waals surface area contributed by atoms with Gasteiger partial charge < -0.3 is 9.88 Å². The third kappa shape index (κ3) is 6.52. The molecule has 0 aliphatic carbocycles. The van der Waals surface area contributed by atoms with E-state index in [4.69, 9.17) is 0 Å². The predicted molar refractivity (Wildman–Crippen MR) is 102 cm³/mol. The molecule has 0 bridgehead atoms. The van der Waals surface area contributed by atoms with Crippen LogP contribution < -0.4 is 5.32 Å². The van der Waals surface area contributed by atoms with Crippen LogP contribution in [-0.4, -0.2) is 58.1 Å².